The van der Waals surface area contributed by atoms with E-state index in [-0.39, 0.29) is 11.9 Å². The van der Waals surface area contributed by atoms with Crippen molar-refractivity contribution in [1.29, 1.82) is 0 Å². The van der Waals surface area contributed by atoms with Crippen LogP contribution in [0.2, 0.25) is 0 Å². The van der Waals surface area contributed by atoms with Crippen molar-refractivity contribution in [1.82, 2.24) is 19.4 Å². The summed E-state index contributed by atoms with van der Waals surface area (Å²) in [5.74, 6) is -0.0214. The number of quaternary nitrogens is 1. The molecule has 2 aromatic heterocycles. The quantitative estimate of drug-likeness (QED) is 0.748. The molecule has 1 N–H and O–H groups in total. The number of nitrogens with zero attached hydrogens (tertiary/aromatic N) is 5. The number of nitrogens with one attached hydrogen (secondary N) is 1. The Hall–Kier alpha value is -2.71. The van der Waals surface area contributed by atoms with Crippen molar-refractivity contribution in [2.45, 2.75) is 13.0 Å². The number of hydrogen-bond donors (Lipinski definition) is 1. The first kappa shape index (κ1) is 18.3. The highest BCUT2D eigenvalue weighted by atomic mass is 79.9. The van der Waals surface area contributed by atoms with E-state index in [9.17, 15) is 4.79 Å². The lowest BCUT2D eigenvalue weighted by atomic mass is 10.1. The number of likely N-dealkylation sites (N-methyl/N-ethyl adjacent to an activating group) is 1. The van der Waals surface area contributed by atoms with E-state index < -0.39 is 0 Å². The van der Waals surface area contributed by atoms with Gasteiger partial charge in [-0.05, 0) is 47.1 Å². The van der Waals surface area contributed by atoms with E-state index in [0.717, 1.165) is 16.5 Å². The number of amides is 1. The van der Waals surface area contributed by atoms with Crippen LogP contribution in [0.3, 0.4) is 0 Å². The van der Waals surface area contributed by atoms with Gasteiger partial charge in [0, 0.05) is 36.1 Å². The monoisotopic (exact) mass is 453 g/mol. The lowest BCUT2D eigenvalue weighted by Crippen LogP contribution is -3.11. The molecule has 0 radical (unpaired) electrons. The summed E-state index contributed by atoms with van der Waals surface area (Å²) in [6.45, 7) is 4.31. The molecule has 0 spiro atoms. The number of pyridine rings is 1. The lowest BCUT2D eigenvalue weighted by molar-refractivity contribution is -0.823. The van der Waals surface area contributed by atoms with Gasteiger partial charge >= 0.3 is 0 Å². The molecule has 1 amide bonds. The number of carbonyl (C=O) groups excluding carboxylic acids is 1. The van der Waals surface area contributed by atoms with Gasteiger partial charge in [0.05, 0.1) is 12.1 Å². The molecule has 1 fully saturated rings. The molecule has 0 bridgehead atoms. The number of allylic oxidation sites excluding steroid dienone is 3. The van der Waals surface area contributed by atoms with Crippen molar-refractivity contribution in [3.8, 4) is 0 Å². The summed E-state index contributed by atoms with van der Waals surface area (Å²) < 4.78 is 2.67. The molecule has 8 heteroatoms. The predicted molar refractivity (Wildman–Crippen MR) is 115 cm³/mol. The average Bonchev–Trinajstić information content (AvgIpc) is 3.32. The van der Waals surface area contributed by atoms with Crippen LogP contribution in [0.4, 0.5) is 0 Å². The number of aromatic nitrogens is 2. The van der Waals surface area contributed by atoms with Crippen LogP contribution in [0.5, 0.6) is 0 Å². The summed E-state index contributed by atoms with van der Waals surface area (Å²) >= 11 is 3.45. The fraction of sp³-hybridized carbons (Fsp3) is 0.286. The third-order valence-corrected chi connectivity index (χ3v) is 6.31. The number of aliphatic imine (C=N–C) groups is 1. The maximum Gasteiger partial charge on any atom is 0.275 e. The largest absolute Gasteiger partial charge is 0.350 e. The van der Waals surface area contributed by atoms with Crippen molar-refractivity contribution in [2.24, 2.45) is 4.99 Å². The van der Waals surface area contributed by atoms with Crippen molar-refractivity contribution in [3.63, 3.8) is 0 Å². The van der Waals surface area contributed by atoms with Gasteiger partial charge in [-0.1, -0.05) is 0 Å². The van der Waals surface area contributed by atoms with Crippen LogP contribution in [-0.2, 0) is 0 Å². The predicted octanol–water partition coefficient (Wildman–Crippen LogP) is 1.47. The number of rotatable bonds is 2. The molecule has 2 aromatic rings. The molecule has 1 saturated heterocycles. The van der Waals surface area contributed by atoms with Crippen LogP contribution in [0.1, 0.15) is 17.4 Å². The Labute approximate surface area is 177 Å². The smallest absolute Gasteiger partial charge is 0.275 e. The number of halogens is 1. The number of piperazine rings is 1. The van der Waals surface area contributed by atoms with Gasteiger partial charge in [-0.3, -0.25) is 14.7 Å². The Bertz CT molecular complexity index is 1130. The van der Waals surface area contributed by atoms with Crippen LogP contribution in [0.15, 0.2) is 69.2 Å². The Kier molecular flexibility index (Phi) is 4.40. The summed E-state index contributed by atoms with van der Waals surface area (Å²) in [4.78, 5) is 23.0. The Morgan fingerprint density at radius 2 is 2.14 bits per heavy atom. The molecule has 3 aliphatic rings. The maximum absolute atomic E-state index is 13.2. The van der Waals surface area contributed by atoms with E-state index in [2.05, 4.69) is 63.1 Å². The van der Waals surface area contributed by atoms with Gasteiger partial charge in [0.1, 0.15) is 30.6 Å². The van der Waals surface area contributed by atoms with E-state index >= 15 is 0 Å². The second-order valence-electron chi connectivity index (χ2n) is 7.57. The first-order valence-corrected chi connectivity index (χ1v) is 10.5. The molecule has 5 heterocycles. The third-order valence-electron chi connectivity index (χ3n) is 5.85. The normalized spacial score (nSPS) is 23.8. The summed E-state index contributed by atoms with van der Waals surface area (Å²) in [5, 5.41) is 4.49. The molecule has 2 unspecified atom stereocenters. The Morgan fingerprint density at radius 3 is 2.97 bits per heavy atom. The fourth-order valence-corrected chi connectivity index (χ4v) is 4.64. The van der Waals surface area contributed by atoms with Gasteiger partial charge in [-0.25, -0.2) is 4.52 Å². The number of fused-ring (bicyclic) bond motifs is 2. The SMILES string of the molecule is CC1C2=CC=C(C3=CC=NCN3C)[NH+]2CCN1C(=O)c1cc2ccc(Br)cn2n1. The molecule has 0 aromatic carbocycles. The molecule has 2 atom stereocenters. The minimum atomic E-state index is -0.0214. The van der Waals surface area contributed by atoms with Crippen LogP contribution < -0.4 is 4.90 Å². The van der Waals surface area contributed by atoms with E-state index in [4.69, 9.17) is 0 Å². The highest BCUT2D eigenvalue weighted by Crippen LogP contribution is 2.22. The molecular formula is C21H22BrN6O+. The van der Waals surface area contributed by atoms with Gasteiger partial charge in [0.15, 0.2) is 11.4 Å². The van der Waals surface area contributed by atoms with Gasteiger partial charge in [0.25, 0.3) is 5.91 Å². The molecule has 0 saturated carbocycles. The van der Waals surface area contributed by atoms with E-state index in [1.54, 1.807) is 4.52 Å². The first-order valence-electron chi connectivity index (χ1n) is 9.69. The summed E-state index contributed by atoms with van der Waals surface area (Å²) in [5.41, 5.74) is 5.06. The minimum absolute atomic E-state index is 0.0136. The van der Waals surface area contributed by atoms with E-state index in [1.807, 2.05) is 35.5 Å². The molecule has 148 valence electrons. The van der Waals surface area contributed by atoms with E-state index in [0.29, 0.717) is 18.9 Å². The fourth-order valence-electron chi connectivity index (χ4n) is 4.32. The zero-order valence-electron chi connectivity index (χ0n) is 16.3. The van der Waals surface area contributed by atoms with Crippen molar-refractivity contribution < 1.29 is 9.69 Å². The number of hydrogen-bond acceptors (Lipinski definition) is 4. The first-order chi connectivity index (χ1) is 14.0. The standard InChI is InChI=1S/C21H21BrN6O/c1-14-18-5-6-20(19-7-8-23-13-25(19)2)27(18)10-9-26(14)21(29)17-11-16-4-3-15(22)12-28(16)24-17/h3-8,11-12,14H,9-10,13H2,1-2H3/p+1. The van der Waals surface area contributed by atoms with Crippen molar-refractivity contribution in [2.75, 3.05) is 26.8 Å². The van der Waals surface area contributed by atoms with Gasteiger partial charge in [-0.2, -0.15) is 5.10 Å². The van der Waals surface area contributed by atoms with Crippen molar-refractivity contribution in [3.05, 3.63) is 69.9 Å². The minimum Gasteiger partial charge on any atom is -0.350 e. The van der Waals surface area contributed by atoms with E-state index in [1.165, 1.54) is 22.0 Å². The average molecular weight is 454 g/mol. The second kappa shape index (κ2) is 6.96. The zero-order valence-corrected chi connectivity index (χ0v) is 17.9. The van der Waals surface area contributed by atoms with Crippen LogP contribution in [0.25, 0.3) is 5.52 Å². The summed E-state index contributed by atoms with van der Waals surface area (Å²) in [6.07, 6.45) is 10.1. The molecular weight excluding hydrogens is 432 g/mol. The Morgan fingerprint density at radius 1 is 1.28 bits per heavy atom. The van der Waals surface area contributed by atoms with Gasteiger partial charge < -0.3 is 9.80 Å². The van der Waals surface area contributed by atoms with Crippen molar-refractivity contribution >= 4 is 33.6 Å². The molecule has 0 aliphatic carbocycles. The maximum atomic E-state index is 13.2. The zero-order chi connectivity index (χ0) is 20.1. The molecule has 29 heavy (non-hydrogen) atoms. The third kappa shape index (κ3) is 3.03. The van der Waals surface area contributed by atoms with Gasteiger partial charge in [0.2, 0.25) is 0 Å². The summed E-state index contributed by atoms with van der Waals surface area (Å²) in [6, 6.07) is 5.77. The molecule has 7 nitrogen and oxygen atoms in total. The van der Waals surface area contributed by atoms with Gasteiger partial charge in [-0.15, -0.1) is 0 Å². The molecule has 5 rings (SSSR count). The highest BCUT2D eigenvalue weighted by Gasteiger charge is 2.41. The lowest BCUT2D eigenvalue weighted by Gasteiger charge is -2.38. The second-order valence-corrected chi connectivity index (χ2v) is 8.49. The molecule has 3 aliphatic heterocycles. The highest BCUT2D eigenvalue weighted by molar-refractivity contribution is 9.10. The topological polar surface area (TPSA) is 57.7 Å². The summed E-state index contributed by atoms with van der Waals surface area (Å²) in [7, 11) is 2.06. The number of carbonyl (C=O) groups is 1. The van der Waals surface area contributed by atoms with Crippen LogP contribution >= 0.6 is 15.9 Å². The Balaban J connectivity index is 1.38. The van der Waals surface area contributed by atoms with Crippen LogP contribution in [0, 0.1) is 0 Å². The van der Waals surface area contributed by atoms with Crippen LogP contribution in [-0.4, -0.2) is 64.4 Å².